The number of nitrogens with one attached hydrogen (secondary N) is 2. The number of amides is 2. The Kier molecular flexibility index (Phi) is 6.66. The fourth-order valence-electron chi connectivity index (χ4n) is 1.67. The summed E-state index contributed by atoms with van der Waals surface area (Å²) in [7, 11) is 3.08. The maximum absolute atomic E-state index is 11.4. The van der Waals surface area contributed by atoms with Gasteiger partial charge < -0.3 is 25.2 Å². The summed E-state index contributed by atoms with van der Waals surface area (Å²) in [6.45, 7) is 2.71. The number of hydrogen-bond donors (Lipinski definition) is 3. The summed E-state index contributed by atoms with van der Waals surface area (Å²) in [4.78, 5) is 11.4. The number of aliphatic hydroxyl groups is 1. The van der Waals surface area contributed by atoms with Gasteiger partial charge in [0.1, 0.15) is 0 Å². The molecule has 112 valence electrons. The van der Waals surface area contributed by atoms with E-state index in [1.54, 1.807) is 25.3 Å². The highest BCUT2D eigenvalue weighted by molar-refractivity contribution is 5.73. The summed E-state index contributed by atoms with van der Waals surface area (Å²) in [5.41, 5.74) is 0.651. The second-order valence-electron chi connectivity index (χ2n) is 4.27. The van der Waals surface area contributed by atoms with Crippen LogP contribution in [0.25, 0.3) is 0 Å². The number of ether oxygens (including phenoxy) is 2. The molecule has 0 spiro atoms. The summed E-state index contributed by atoms with van der Waals surface area (Å²) >= 11 is 0. The first-order chi connectivity index (χ1) is 9.62. The molecular formula is C14H22N2O4. The Bertz CT molecular complexity index is 437. The molecule has 20 heavy (non-hydrogen) atoms. The molecule has 0 bridgehead atoms. The van der Waals surface area contributed by atoms with Gasteiger partial charge in [-0.25, -0.2) is 4.79 Å². The van der Waals surface area contributed by atoms with Crippen LogP contribution in [0.4, 0.5) is 4.79 Å². The molecule has 0 saturated heterocycles. The normalized spacial score (nSPS) is 11.6. The van der Waals surface area contributed by atoms with Crippen LogP contribution in [-0.2, 0) is 0 Å². The number of methoxy groups -OCH3 is 2. The molecular weight excluding hydrogens is 260 g/mol. The first kappa shape index (κ1) is 16.1. The van der Waals surface area contributed by atoms with Gasteiger partial charge in [0.2, 0.25) is 0 Å². The van der Waals surface area contributed by atoms with Gasteiger partial charge in [-0.05, 0) is 24.1 Å². The van der Waals surface area contributed by atoms with Gasteiger partial charge in [-0.3, -0.25) is 0 Å². The number of carbonyl (C=O) groups excluding carboxylic acids is 1. The van der Waals surface area contributed by atoms with Crippen molar-refractivity contribution in [1.82, 2.24) is 10.6 Å². The first-order valence-corrected chi connectivity index (χ1v) is 6.54. The van der Waals surface area contributed by atoms with E-state index in [1.807, 2.05) is 6.92 Å². The van der Waals surface area contributed by atoms with Crippen LogP contribution in [0, 0.1) is 0 Å². The second-order valence-corrected chi connectivity index (χ2v) is 4.27. The van der Waals surface area contributed by atoms with Crippen LogP contribution < -0.4 is 20.1 Å². The lowest BCUT2D eigenvalue weighted by molar-refractivity contribution is 0.172. The van der Waals surface area contributed by atoms with Gasteiger partial charge in [0.15, 0.2) is 11.5 Å². The SMILES string of the molecule is CCCNC(=O)NCC(O)c1ccc(OC)c(OC)c1. The molecule has 1 atom stereocenters. The molecule has 6 nitrogen and oxygen atoms in total. The highest BCUT2D eigenvalue weighted by atomic mass is 16.5. The predicted octanol–water partition coefficient (Wildman–Crippen LogP) is 1.45. The molecule has 6 heteroatoms. The Morgan fingerprint density at radius 2 is 1.95 bits per heavy atom. The zero-order chi connectivity index (χ0) is 15.0. The lowest BCUT2D eigenvalue weighted by Gasteiger charge is -2.15. The van der Waals surface area contributed by atoms with E-state index in [2.05, 4.69) is 10.6 Å². The van der Waals surface area contributed by atoms with Crippen molar-refractivity contribution in [1.29, 1.82) is 0 Å². The summed E-state index contributed by atoms with van der Waals surface area (Å²) < 4.78 is 10.3. The van der Waals surface area contributed by atoms with Crippen molar-refractivity contribution in [2.24, 2.45) is 0 Å². The van der Waals surface area contributed by atoms with Crippen LogP contribution in [0.1, 0.15) is 25.0 Å². The van der Waals surface area contributed by atoms with E-state index in [-0.39, 0.29) is 12.6 Å². The summed E-state index contributed by atoms with van der Waals surface area (Å²) in [5, 5.41) is 15.3. The van der Waals surface area contributed by atoms with E-state index in [1.165, 1.54) is 7.11 Å². The van der Waals surface area contributed by atoms with Gasteiger partial charge in [-0.2, -0.15) is 0 Å². The smallest absolute Gasteiger partial charge is 0.314 e. The molecule has 1 rings (SSSR count). The number of urea groups is 1. The summed E-state index contributed by atoms with van der Waals surface area (Å²) in [6.07, 6.45) is 0.0632. The van der Waals surface area contributed by atoms with Crippen LogP contribution in [-0.4, -0.2) is 38.4 Å². The van der Waals surface area contributed by atoms with Crippen molar-refractivity contribution >= 4 is 6.03 Å². The van der Waals surface area contributed by atoms with Crippen LogP contribution in [0.5, 0.6) is 11.5 Å². The van der Waals surface area contributed by atoms with Gasteiger partial charge in [0.05, 0.1) is 20.3 Å². The number of hydrogen-bond acceptors (Lipinski definition) is 4. The zero-order valence-electron chi connectivity index (χ0n) is 12.1. The molecule has 0 aliphatic carbocycles. The highest BCUT2D eigenvalue weighted by Crippen LogP contribution is 2.29. The molecule has 0 aromatic heterocycles. The molecule has 0 radical (unpaired) electrons. The molecule has 1 aromatic carbocycles. The van der Waals surface area contributed by atoms with Gasteiger partial charge in [0, 0.05) is 13.1 Å². The Morgan fingerprint density at radius 3 is 2.55 bits per heavy atom. The molecule has 0 aliphatic heterocycles. The van der Waals surface area contributed by atoms with Crippen LogP contribution in [0.3, 0.4) is 0 Å². The predicted molar refractivity (Wildman–Crippen MR) is 76.2 cm³/mol. The van der Waals surface area contributed by atoms with E-state index in [4.69, 9.17) is 9.47 Å². The Hall–Kier alpha value is -1.95. The van der Waals surface area contributed by atoms with E-state index in [0.29, 0.717) is 23.6 Å². The minimum atomic E-state index is -0.804. The second kappa shape index (κ2) is 8.27. The average Bonchev–Trinajstić information content (AvgIpc) is 2.49. The average molecular weight is 282 g/mol. The minimum Gasteiger partial charge on any atom is -0.493 e. The lowest BCUT2D eigenvalue weighted by atomic mass is 10.1. The topological polar surface area (TPSA) is 79.8 Å². The van der Waals surface area contributed by atoms with E-state index < -0.39 is 6.10 Å². The van der Waals surface area contributed by atoms with Crippen molar-refractivity contribution < 1.29 is 19.4 Å². The molecule has 1 unspecified atom stereocenters. The number of aliphatic hydroxyl groups excluding tert-OH is 1. The molecule has 0 aliphatic rings. The van der Waals surface area contributed by atoms with Crippen molar-refractivity contribution in [3.8, 4) is 11.5 Å². The Morgan fingerprint density at radius 1 is 1.25 bits per heavy atom. The molecule has 0 fully saturated rings. The minimum absolute atomic E-state index is 0.130. The molecule has 1 aromatic rings. The van der Waals surface area contributed by atoms with Crippen LogP contribution in [0.15, 0.2) is 18.2 Å². The van der Waals surface area contributed by atoms with Crippen molar-refractivity contribution in [3.05, 3.63) is 23.8 Å². The van der Waals surface area contributed by atoms with E-state index in [0.717, 1.165) is 6.42 Å². The van der Waals surface area contributed by atoms with Crippen LogP contribution in [0.2, 0.25) is 0 Å². The summed E-state index contributed by atoms with van der Waals surface area (Å²) in [5.74, 6) is 1.14. The van der Waals surface area contributed by atoms with Gasteiger partial charge >= 0.3 is 6.03 Å². The Labute approximate surface area is 119 Å². The van der Waals surface area contributed by atoms with Crippen molar-refractivity contribution in [2.75, 3.05) is 27.3 Å². The van der Waals surface area contributed by atoms with Gasteiger partial charge in [-0.15, -0.1) is 0 Å². The van der Waals surface area contributed by atoms with E-state index >= 15 is 0 Å². The largest absolute Gasteiger partial charge is 0.493 e. The number of benzene rings is 1. The van der Waals surface area contributed by atoms with Crippen LogP contribution >= 0.6 is 0 Å². The molecule has 0 heterocycles. The zero-order valence-corrected chi connectivity index (χ0v) is 12.1. The van der Waals surface area contributed by atoms with Gasteiger partial charge in [-0.1, -0.05) is 13.0 Å². The standard InChI is InChI=1S/C14H22N2O4/c1-4-7-15-14(18)16-9-11(17)10-5-6-12(19-2)13(8-10)20-3/h5-6,8,11,17H,4,7,9H2,1-3H3,(H2,15,16,18). The fourth-order valence-corrected chi connectivity index (χ4v) is 1.67. The third-order valence-corrected chi connectivity index (χ3v) is 2.78. The molecule has 0 saturated carbocycles. The van der Waals surface area contributed by atoms with Gasteiger partial charge in [0.25, 0.3) is 0 Å². The third-order valence-electron chi connectivity index (χ3n) is 2.78. The molecule has 3 N–H and O–H groups in total. The monoisotopic (exact) mass is 282 g/mol. The maximum atomic E-state index is 11.4. The maximum Gasteiger partial charge on any atom is 0.314 e. The fraction of sp³-hybridized carbons (Fsp3) is 0.500. The lowest BCUT2D eigenvalue weighted by Crippen LogP contribution is -2.38. The quantitative estimate of drug-likeness (QED) is 0.707. The first-order valence-electron chi connectivity index (χ1n) is 6.54. The number of rotatable bonds is 7. The molecule has 2 amide bonds. The third kappa shape index (κ3) is 4.62. The Balaban J connectivity index is 2.59. The van der Waals surface area contributed by atoms with Crippen molar-refractivity contribution in [3.63, 3.8) is 0 Å². The number of carbonyl (C=O) groups is 1. The van der Waals surface area contributed by atoms with Crippen molar-refractivity contribution in [2.45, 2.75) is 19.4 Å². The summed E-state index contributed by atoms with van der Waals surface area (Å²) in [6, 6.07) is 4.85. The van der Waals surface area contributed by atoms with E-state index in [9.17, 15) is 9.90 Å². The highest BCUT2D eigenvalue weighted by Gasteiger charge is 2.12.